The van der Waals surface area contributed by atoms with Crippen molar-refractivity contribution in [3.63, 3.8) is 0 Å². The quantitative estimate of drug-likeness (QED) is 0.271. The van der Waals surface area contributed by atoms with Gasteiger partial charge in [0.15, 0.2) is 0 Å². The van der Waals surface area contributed by atoms with Gasteiger partial charge in [-0.1, -0.05) is 57.1 Å². The number of hydrogen-bond donors (Lipinski definition) is 1. The zero-order chi connectivity index (χ0) is 25.6. The van der Waals surface area contributed by atoms with E-state index in [9.17, 15) is 23.1 Å². The Kier molecular flexibility index (Phi) is 13.4. The van der Waals surface area contributed by atoms with Gasteiger partial charge in [-0.15, -0.1) is 13.2 Å². The van der Waals surface area contributed by atoms with Crippen molar-refractivity contribution < 1.29 is 27.8 Å². The van der Waals surface area contributed by atoms with Gasteiger partial charge in [0, 0.05) is 18.7 Å². The summed E-state index contributed by atoms with van der Waals surface area (Å²) in [6, 6.07) is 5.36. The first-order valence-electron chi connectivity index (χ1n) is 10.4. The topological polar surface area (TPSA) is 53.0 Å². The molecular formula is C25H33F3N2O3. The number of aliphatic hydroxyl groups is 1. The third-order valence-corrected chi connectivity index (χ3v) is 4.03. The zero-order valence-electron chi connectivity index (χ0n) is 19.9. The summed E-state index contributed by atoms with van der Waals surface area (Å²) in [4.78, 5) is 15.5. The minimum Gasteiger partial charge on any atom is -0.512 e. The second-order valence-electron chi connectivity index (χ2n) is 7.00. The van der Waals surface area contributed by atoms with Crippen LogP contribution in [0.1, 0.15) is 32.8 Å². The normalized spacial score (nSPS) is 14.2. The van der Waals surface area contributed by atoms with Gasteiger partial charge < -0.3 is 14.7 Å². The van der Waals surface area contributed by atoms with Crippen molar-refractivity contribution >= 4 is 5.91 Å². The van der Waals surface area contributed by atoms with E-state index in [-0.39, 0.29) is 24.0 Å². The summed E-state index contributed by atoms with van der Waals surface area (Å²) in [7, 11) is 3.96. The number of halogens is 3. The fourth-order valence-electron chi connectivity index (χ4n) is 2.51. The molecule has 1 heterocycles. The Balaban J connectivity index is 0.000000722. The first-order valence-corrected chi connectivity index (χ1v) is 10.4. The molecule has 1 aliphatic heterocycles. The Morgan fingerprint density at radius 3 is 2.27 bits per heavy atom. The molecule has 5 nitrogen and oxygen atoms in total. The maximum Gasteiger partial charge on any atom is 0.573 e. The van der Waals surface area contributed by atoms with Gasteiger partial charge >= 0.3 is 6.36 Å². The summed E-state index contributed by atoms with van der Waals surface area (Å²) < 4.78 is 39.9. The van der Waals surface area contributed by atoms with Crippen LogP contribution < -0.4 is 4.74 Å². The van der Waals surface area contributed by atoms with Crippen molar-refractivity contribution in [3.8, 4) is 17.6 Å². The van der Waals surface area contributed by atoms with Gasteiger partial charge in [-0.05, 0) is 45.1 Å². The molecule has 1 N–H and O–H groups in total. The fourth-order valence-corrected chi connectivity index (χ4v) is 2.51. The van der Waals surface area contributed by atoms with E-state index in [1.807, 2.05) is 32.8 Å². The number of rotatable bonds is 5. The number of alkyl halides is 3. The summed E-state index contributed by atoms with van der Waals surface area (Å²) in [6.45, 7) is 14.2. The molecule has 1 saturated heterocycles. The van der Waals surface area contributed by atoms with Crippen molar-refractivity contribution in [2.75, 3.05) is 27.2 Å². The number of likely N-dealkylation sites (tertiary alicyclic amines) is 1. The molecule has 0 radical (unpaired) electrons. The molecule has 2 rings (SSSR count). The molecular weight excluding hydrogens is 433 g/mol. The highest BCUT2D eigenvalue weighted by Crippen LogP contribution is 2.25. The molecule has 8 heteroatoms. The molecule has 0 aromatic heterocycles. The Hall–Kier alpha value is -3.18. The molecule has 33 heavy (non-hydrogen) atoms. The fraction of sp³-hybridized carbons (Fsp3) is 0.400. The van der Waals surface area contributed by atoms with Crippen LogP contribution >= 0.6 is 0 Å². The molecule has 0 saturated carbocycles. The SMILES string of the molecule is C/C(O)=C1\CCN(Cc2ccc(OC(F)(F)F)cc2)C1=O.C=CC(=C)C#CCN(C)C.CC. The van der Waals surface area contributed by atoms with Crippen LogP contribution in [0.15, 0.2) is 60.4 Å². The summed E-state index contributed by atoms with van der Waals surface area (Å²) >= 11 is 0. The molecule has 1 amide bonds. The van der Waals surface area contributed by atoms with Gasteiger partial charge in [-0.2, -0.15) is 0 Å². The van der Waals surface area contributed by atoms with E-state index < -0.39 is 6.36 Å². The lowest BCUT2D eigenvalue weighted by atomic mass is 10.2. The highest BCUT2D eigenvalue weighted by Gasteiger charge is 2.31. The van der Waals surface area contributed by atoms with Gasteiger partial charge in [0.1, 0.15) is 5.75 Å². The third kappa shape index (κ3) is 12.4. The maximum atomic E-state index is 12.0. The number of carbonyl (C=O) groups is 1. The van der Waals surface area contributed by atoms with Crippen LogP contribution in [0.2, 0.25) is 0 Å². The van der Waals surface area contributed by atoms with Gasteiger partial charge in [0.2, 0.25) is 0 Å². The van der Waals surface area contributed by atoms with Crippen molar-refractivity contribution in [3.05, 3.63) is 66.0 Å². The van der Waals surface area contributed by atoms with Crippen molar-refractivity contribution in [1.29, 1.82) is 0 Å². The average Bonchev–Trinajstić information content (AvgIpc) is 3.10. The molecule has 0 unspecified atom stereocenters. The van der Waals surface area contributed by atoms with Crippen LogP contribution in [0.3, 0.4) is 0 Å². The van der Waals surface area contributed by atoms with E-state index in [1.165, 1.54) is 36.1 Å². The second kappa shape index (κ2) is 14.8. The van der Waals surface area contributed by atoms with Crippen LogP contribution in [-0.4, -0.2) is 54.4 Å². The molecule has 0 atom stereocenters. The van der Waals surface area contributed by atoms with Gasteiger partial charge in [-0.25, -0.2) is 0 Å². The third-order valence-electron chi connectivity index (χ3n) is 4.03. The maximum absolute atomic E-state index is 12.0. The molecule has 182 valence electrons. The van der Waals surface area contributed by atoms with Crippen LogP contribution in [0.25, 0.3) is 0 Å². The predicted molar refractivity (Wildman–Crippen MR) is 126 cm³/mol. The van der Waals surface area contributed by atoms with E-state index in [2.05, 4.69) is 29.7 Å². The van der Waals surface area contributed by atoms with E-state index in [1.54, 1.807) is 6.08 Å². The van der Waals surface area contributed by atoms with Crippen LogP contribution in [-0.2, 0) is 11.3 Å². The average molecular weight is 467 g/mol. The van der Waals surface area contributed by atoms with Crippen LogP contribution in [0, 0.1) is 11.8 Å². The predicted octanol–water partition coefficient (Wildman–Crippen LogP) is 5.47. The number of nitrogens with zero attached hydrogens (tertiary/aromatic N) is 2. The monoisotopic (exact) mass is 466 g/mol. The molecule has 0 bridgehead atoms. The van der Waals surface area contributed by atoms with Gasteiger partial charge in [0.05, 0.1) is 17.9 Å². The molecule has 1 fully saturated rings. The first-order chi connectivity index (χ1) is 15.4. The lowest BCUT2D eigenvalue weighted by Crippen LogP contribution is -2.24. The van der Waals surface area contributed by atoms with E-state index in [4.69, 9.17) is 0 Å². The van der Waals surface area contributed by atoms with E-state index in [0.29, 0.717) is 24.1 Å². The molecule has 0 aliphatic carbocycles. The smallest absolute Gasteiger partial charge is 0.512 e. The van der Waals surface area contributed by atoms with Crippen LogP contribution in [0.5, 0.6) is 5.75 Å². The molecule has 1 aromatic carbocycles. The van der Waals surface area contributed by atoms with Crippen molar-refractivity contribution in [2.45, 2.75) is 40.1 Å². The Morgan fingerprint density at radius 2 is 1.85 bits per heavy atom. The molecule has 1 aromatic rings. The summed E-state index contributed by atoms with van der Waals surface area (Å²) in [6.07, 6.45) is -2.59. The minimum atomic E-state index is -4.72. The lowest BCUT2D eigenvalue weighted by molar-refractivity contribution is -0.274. The second-order valence-corrected chi connectivity index (χ2v) is 7.00. The number of ether oxygens (including phenoxy) is 1. The largest absolute Gasteiger partial charge is 0.573 e. The Morgan fingerprint density at radius 1 is 1.27 bits per heavy atom. The lowest BCUT2D eigenvalue weighted by Gasteiger charge is -2.16. The number of benzene rings is 1. The highest BCUT2D eigenvalue weighted by atomic mass is 19.4. The van der Waals surface area contributed by atoms with Gasteiger partial charge in [0.25, 0.3) is 5.91 Å². The zero-order valence-corrected chi connectivity index (χ0v) is 19.9. The Bertz CT molecular complexity index is 873. The molecule has 0 spiro atoms. The van der Waals surface area contributed by atoms with E-state index >= 15 is 0 Å². The minimum absolute atomic E-state index is 0.0106. The van der Waals surface area contributed by atoms with Crippen molar-refractivity contribution in [1.82, 2.24) is 9.80 Å². The first kappa shape index (κ1) is 29.8. The number of hydrogen-bond acceptors (Lipinski definition) is 4. The number of aliphatic hydroxyl groups excluding tert-OH is 1. The number of allylic oxidation sites excluding steroid dienone is 3. The summed E-state index contributed by atoms with van der Waals surface area (Å²) in [5, 5.41) is 9.36. The van der Waals surface area contributed by atoms with Crippen LogP contribution in [0.4, 0.5) is 13.2 Å². The number of amides is 1. The Labute approximate surface area is 194 Å². The number of carbonyl (C=O) groups excluding carboxylic acids is 1. The molecule has 1 aliphatic rings. The van der Waals surface area contributed by atoms with E-state index in [0.717, 1.165) is 12.1 Å². The summed E-state index contributed by atoms with van der Waals surface area (Å²) in [5.41, 5.74) is 1.85. The summed E-state index contributed by atoms with van der Waals surface area (Å²) in [5.74, 6) is 5.27. The van der Waals surface area contributed by atoms with Gasteiger partial charge in [-0.3, -0.25) is 9.69 Å². The van der Waals surface area contributed by atoms with Crippen molar-refractivity contribution in [2.24, 2.45) is 0 Å². The standard InChI is InChI=1S/C14H14F3NO3.C9H13N.C2H6/c1-9(19)12-6-7-18(13(12)20)8-10-2-4-11(5-3-10)21-14(15,16)17;1-5-9(2)7-6-8-10(3)4;1-2/h2-5,19H,6-8H2,1H3;5H,1-2,8H2,3-4H3;1-2H3/b12-9-;;. The highest BCUT2D eigenvalue weighted by molar-refractivity contribution is 5.95.